The topological polar surface area (TPSA) is 32.7 Å². The van der Waals surface area contributed by atoms with Gasteiger partial charge in [-0.15, -0.1) is 24.0 Å². The lowest BCUT2D eigenvalue weighted by Crippen LogP contribution is -2.17. The molecule has 1 saturated heterocycles. The second-order valence-corrected chi connectivity index (χ2v) is 2.41. The van der Waals surface area contributed by atoms with Crippen molar-refractivity contribution in [2.45, 2.75) is 12.5 Å². The van der Waals surface area contributed by atoms with Gasteiger partial charge in [-0.25, -0.2) is 0 Å². The zero-order valence-corrected chi connectivity index (χ0v) is 9.74. The van der Waals surface area contributed by atoms with E-state index in [2.05, 4.69) is 11.9 Å². The van der Waals surface area contributed by atoms with Crippen LogP contribution >= 0.6 is 24.0 Å². The molecule has 0 aromatic carbocycles. The minimum Gasteiger partial charge on any atom is -0.400 e. The van der Waals surface area contributed by atoms with Gasteiger partial charge in [-0.05, 0) is 13.5 Å². The van der Waals surface area contributed by atoms with Crippen molar-refractivity contribution in [3.8, 4) is 0 Å². The van der Waals surface area contributed by atoms with Crippen LogP contribution in [0.15, 0.2) is 0 Å². The minimum atomic E-state index is 0. The summed E-state index contributed by atoms with van der Waals surface area (Å²) in [6.07, 6.45) is 1.70. The SMILES string of the molecule is CO.CO[C@H]1CCN(C)C1.I. The van der Waals surface area contributed by atoms with Crippen molar-refractivity contribution >= 4 is 24.0 Å². The summed E-state index contributed by atoms with van der Waals surface area (Å²) in [7, 11) is 4.91. The number of aliphatic hydroxyl groups is 1. The summed E-state index contributed by atoms with van der Waals surface area (Å²) in [5.41, 5.74) is 0. The van der Waals surface area contributed by atoms with E-state index >= 15 is 0 Å². The highest BCUT2D eigenvalue weighted by atomic mass is 127. The highest BCUT2D eigenvalue weighted by Crippen LogP contribution is 2.07. The molecule has 1 N–H and O–H groups in total. The second-order valence-electron chi connectivity index (χ2n) is 2.41. The molecular weight excluding hydrogens is 257 g/mol. The average Bonchev–Trinajstić information content (AvgIpc) is 2.40. The van der Waals surface area contributed by atoms with Gasteiger partial charge in [0.25, 0.3) is 0 Å². The Labute approximate surface area is 85.7 Å². The van der Waals surface area contributed by atoms with Gasteiger partial charge in [0.05, 0.1) is 6.10 Å². The Bertz CT molecular complexity index is 82.8. The molecule has 0 spiro atoms. The van der Waals surface area contributed by atoms with Gasteiger partial charge in [0.1, 0.15) is 0 Å². The molecule has 1 atom stereocenters. The number of aliphatic hydroxyl groups excluding tert-OH is 1. The summed E-state index contributed by atoms with van der Waals surface area (Å²) in [6.45, 7) is 2.30. The van der Waals surface area contributed by atoms with Crippen LogP contribution in [0.4, 0.5) is 0 Å². The molecule has 1 fully saturated rings. The molecule has 1 heterocycles. The van der Waals surface area contributed by atoms with Crippen molar-refractivity contribution in [1.82, 2.24) is 4.90 Å². The van der Waals surface area contributed by atoms with E-state index in [1.165, 1.54) is 13.0 Å². The lowest BCUT2D eigenvalue weighted by molar-refractivity contribution is 0.111. The molecular formula is C7H18INO2. The largest absolute Gasteiger partial charge is 0.400 e. The fourth-order valence-electron chi connectivity index (χ4n) is 1.09. The maximum atomic E-state index is 7.00. The lowest BCUT2D eigenvalue weighted by Gasteiger charge is -2.06. The monoisotopic (exact) mass is 275 g/mol. The summed E-state index contributed by atoms with van der Waals surface area (Å²) in [5.74, 6) is 0. The highest BCUT2D eigenvalue weighted by molar-refractivity contribution is 14.0. The van der Waals surface area contributed by atoms with E-state index in [9.17, 15) is 0 Å². The first kappa shape index (κ1) is 14.2. The summed E-state index contributed by atoms with van der Waals surface area (Å²) in [5, 5.41) is 7.00. The maximum absolute atomic E-state index is 7.00. The van der Waals surface area contributed by atoms with E-state index in [1.807, 2.05) is 0 Å². The Morgan fingerprint density at radius 2 is 2.00 bits per heavy atom. The third kappa shape index (κ3) is 5.84. The van der Waals surface area contributed by atoms with Gasteiger partial charge in [-0.3, -0.25) is 0 Å². The van der Waals surface area contributed by atoms with Crippen molar-refractivity contribution in [3.05, 3.63) is 0 Å². The Morgan fingerprint density at radius 1 is 1.45 bits per heavy atom. The zero-order chi connectivity index (χ0) is 7.98. The average molecular weight is 275 g/mol. The molecule has 0 saturated carbocycles. The zero-order valence-electron chi connectivity index (χ0n) is 7.41. The number of methoxy groups -OCH3 is 1. The van der Waals surface area contributed by atoms with Gasteiger partial charge in [0.15, 0.2) is 0 Å². The van der Waals surface area contributed by atoms with Crippen LogP contribution in [0.2, 0.25) is 0 Å². The minimum absolute atomic E-state index is 0. The molecule has 0 aliphatic carbocycles. The molecule has 0 amide bonds. The van der Waals surface area contributed by atoms with E-state index < -0.39 is 0 Å². The molecule has 11 heavy (non-hydrogen) atoms. The molecule has 1 aliphatic heterocycles. The van der Waals surface area contributed by atoms with Gasteiger partial charge in [-0.1, -0.05) is 0 Å². The van der Waals surface area contributed by atoms with E-state index in [-0.39, 0.29) is 24.0 Å². The third-order valence-electron chi connectivity index (χ3n) is 1.68. The first-order valence-electron chi connectivity index (χ1n) is 3.49. The van der Waals surface area contributed by atoms with Crippen molar-refractivity contribution < 1.29 is 9.84 Å². The molecule has 0 radical (unpaired) electrons. The van der Waals surface area contributed by atoms with Crippen molar-refractivity contribution in [1.29, 1.82) is 0 Å². The molecule has 0 aromatic rings. The van der Waals surface area contributed by atoms with Crippen molar-refractivity contribution in [3.63, 3.8) is 0 Å². The van der Waals surface area contributed by atoms with Gasteiger partial charge in [-0.2, -0.15) is 0 Å². The van der Waals surface area contributed by atoms with Crippen LogP contribution in [-0.2, 0) is 4.74 Å². The maximum Gasteiger partial charge on any atom is 0.0710 e. The molecule has 70 valence electrons. The number of hydrogen-bond donors (Lipinski definition) is 1. The molecule has 0 unspecified atom stereocenters. The molecule has 3 nitrogen and oxygen atoms in total. The second kappa shape index (κ2) is 8.70. The molecule has 1 aliphatic rings. The Hall–Kier alpha value is 0.610. The van der Waals surface area contributed by atoms with Crippen LogP contribution in [0.1, 0.15) is 6.42 Å². The molecule has 4 heteroatoms. The smallest absolute Gasteiger partial charge is 0.0710 e. The molecule has 0 bridgehead atoms. The highest BCUT2D eigenvalue weighted by Gasteiger charge is 2.17. The summed E-state index contributed by atoms with van der Waals surface area (Å²) < 4.78 is 5.14. The van der Waals surface area contributed by atoms with Crippen LogP contribution in [0.3, 0.4) is 0 Å². The fourth-order valence-corrected chi connectivity index (χ4v) is 1.09. The molecule has 0 aromatic heterocycles. The van der Waals surface area contributed by atoms with Crippen LogP contribution in [0.25, 0.3) is 0 Å². The van der Waals surface area contributed by atoms with E-state index in [0.717, 1.165) is 13.7 Å². The van der Waals surface area contributed by atoms with Crippen molar-refractivity contribution in [2.75, 3.05) is 34.4 Å². The number of nitrogens with zero attached hydrogens (tertiary/aromatic N) is 1. The van der Waals surface area contributed by atoms with Gasteiger partial charge in [0.2, 0.25) is 0 Å². The lowest BCUT2D eigenvalue weighted by atomic mass is 10.3. The quantitative estimate of drug-likeness (QED) is 0.710. The number of rotatable bonds is 1. The number of ether oxygens (including phenoxy) is 1. The van der Waals surface area contributed by atoms with Crippen LogP contribution in [-0.4, -0.2) is 50.5 Å². The third-order valence-corrected chi connectivity index (χ3v) is 1.68. The van der Waals surface area contributed by atoms with Crippen LogP contribution in [0, 0.1) is 0 Å². The van der Waals surface area contributed by atoms with E-state index in [0.29, 0.717) is 6.10 Å². The first-order valence-corrected chi connectivity index (χ1v) is 3.49. The van der Waals surface area contributed by atoms with E-state index in [4.69, 9.17) is 9.84 Å². The normalized spacial score (nSPS) is 23.5. The summed E-state index contributed by atoms with van der Waals surface area (Å²) >= 11 is 0. The van der Waals surface area contributed by atoms with Crippen molar-refractivity contribution in [2.24, 2.45) is 0 Å². The number of halogens is 1. The number of likely N-dealkylation sites (tertiary alicyclic amines) is 1. The molecule has 1 rings (SSSR count). The van der Waals surface area contributed by atoms with Crippen LogP contribution in [0.5, 0.6) is 0 Å². The fraction of sp³-hybridized carbons (Fsp3) is 1.00. The predicted molar refractivity (Wildman–Crippen MR) is 56.5 cm³/mol. The summed E-state index contributed by atoms with van der Waals surface area (Å²) in [4.78, 5) is 2.29. The van der Waals surface area contributed by atoms with Crippen LogP contribution < -0.4 is 0 Å². The number of likely N-dealkylation sites (N-methyl/N-ethyl adjacent to an activating group) is 1. The van der Waals surface area contributed by atoms with Gasteiger partial charge in [0, 0.05) is 27.3 Å². The Balaban J connectivity index is 0. The summed E-state index contributed by atoms with van der Waals surface area (Å²) in [6, 6.07) is 0. The first-order chi connectivity index (χ1) is 4.83. The Kier molecular flexibility index (Phi) is 11.2. The Morgan fingerprint density at radius 3 is 2.18 bits per heavy atom. The van der Waals surface area contributed by atoms with Gasteiger partial charge < -0.3 is 14.7 Å². The number of hydrogen-bond acceptors (Lipinski definition) is 3. The standard InChI is InChI=1S/C6H13NO.CH4O.HI/c1-7-4-3-6(5-7)8-2;1-2;/h6H,3-5H2,1-2H3;2H,1H3;1H/t6-;;/m0../s1. The van der Waals surface area contributed by atoms with Gasteiger partial charge >= 0.3 is 0 Å². The predicted octanol–water partition coefficient (Wildman–Crippen LogP) is 0.563. The van der Waals surface area contributed by atoms with E-state index in [1.54, 1.807) is 7.11 Å².